The van der Waals surface area contributed by atoms with Gasteiger partial charge in [0.1, 0.15) is 18.3 Å². The first-order valence-electron chi connectivity index (χ1n) is 4.62. The molecule has 0 amide bonds. The summed E-state index contributed by atoms with van der Waals surface area (Å²) < 4.78 is 10.8. The largest absolute Gasteiger partial charge is 0.387 e. The standard InChI is InChI=1S/C10H14O3S/c1-6-9(12-2)8(11)10(13-6)7-3-4-14-5-7/h3-6,8-11H,1-2H3. The number of aliphatic hydroxyl groups is 1. The number of rotatable bonds is 2. The van der Waals surface area contributed by atoms with Crippen molar-refractivity contribution in [3.05, 3.63) is 22.4 Å². The van der Waals surface area contributed by atoms with E-state index < -0.39 is 6.10 Å². The predicted molar refractivity (Wildman–Crippen MR) is 54.4 cm³/mol. The zero-order valence-electron chi connectivity index (χ0n) is 8.21. The molecule has 0 aliphatic carbocycles. The van der Waals surface area contributed by atoms with E-state index in [1.165, 1.54) is 0 Å². The Bertz CT molecular complexity index is 286. The van der Waals surface area contributed by atoms with E-state index in [4.69, 9.17) is 9.47 Å². The summed E-state index contributed by atoms with van der Waals surface area (Å²) in [6, 6.07) is 1.98. The molecule has 0 bridgehead atoms. The molecule has 4 atom stereocenters. The molecule has 0 saturated carbocycles. The molecule has 1 fully saturated rings. The van der Waals surface area contributed by atoms with E-state index in [0.29, 0.717) is 0 Å². The summed E-state index contributed by atoms with van der Waals surface area (Å²) in [6.07, 6.45) is -1.08. The first kappa shape index (κ1) is 10.1. The van der Waals surface area contributed by atoms with Crippen LogP contribution in [-0.4, -0.2) is 30.5 Å². The van der Waals surface area contributed by atoms with Crippen molar-refractivity contribution in [2.24, 2.45) is 0 Å². The van der Waals surface area contributed by atoms with Crippen molar-refractivity contribution in [1.29, 1.82) is 0 Å². The Labute approximate surface area is 87.3 Å². The van der Waals surface area contributed by atoms with Crippen LogP contribution in [-0.2, 0) is 9.47 Å². The summed E-state index contributed by atoms with van der Waals surface area (Å²) >= 11 is 1.61. The second kappa shape index (κ2) is 3.98. The monoisotopic (exact) mass is 214 g/mol. The highest BCUT2D eigenvalue weighted by Gasteiger charge is 2.42. The van der Waals surface area contributed by atoms with Crippen molar-refractivity contribution in [3.8, 4) is 0 Å². The lowest BCUT2D eigenvalue weighted by Gasteiger charge is -2.15. The third-order valence-electron chi connectivity index (χ3n) is 2.61. The lowest BCUT2D eigenvalue weighted by atomic mass is 10.0. The smallest absolute Gasteiger partial charge is 0.113 e. The molecule has 0 radical (unpaired) electrons. The Morgan fingerprint density at radius 2 is 2.36 bits per heavy atom. The number of hydrogen-bond donors (Lipinski definition) is 1. The molecule has 1 aromatic rings. The van der Waals surface area contributed by atoms with Crippen molar-refractivity contribution < 1.29 is 14.6 Å². The molecule has 1 aliphatic heterocycles. The first-order valence-corrected chi connectivity index (χ1v) is 5.56. The molecule has 2 rings (SSSR count). The molecule has 3 nitrogen and oxygen atoms in total. The Balaban J connectivity index is 2.16. The topological polar surface area (TPSA) is 38.7 Å². The number of ether oxygens (including phenoxy) is 2. The van der Waals surface area contributed by atoms with E-state index in [1.54, 1.807) is 18.4 Å². The fourth-order valence-electron chi connectivity index (χ4n) is 1.88. The third kappa shape index (κ3) is 1.59. The van der Waals surface area contributed by atoms with E-state index in [2.05, 4.69) is 0 Å². The molecule has 1 aliphatic rings. The van der Waals surface area contributed by atoms with E-state index in [9.17, 15) is 5.11 Å². The van der Waals surface area contributed by atoms with Crippen LogP contribution in [0.3, 0.4) is 0 Å². The quantitative estimate of drug-likeness (QED) is 0.812. The zero-order valence-corrected chi connectivity index (χ0v) is 9.03. The lowest BCUT2D eigenvalue weighted by Crippen LogP contribution is -2.30. The molecule has 1 aromatic heterocycles. The molecule has 0 aromatic carbocycles. The van der Waals surface area contributed by atoms with Crippen molar-refractivity contribution in [2.75, 3.05) is 7.11 Å². The summed E-state index contributed by atoms with van der Waals surface area (Å²) in [6.45, 7) is 1.92. The van der Waals surface area contributed by atoms with Crippen LogP contribution in [0.4, 0.5) is 0 Å². The maximum atomic E-state index is 9.95. The second-order valence-corrected chi connectivity index (χ2v) is 4.29. The van der Waals surface area contributed by atoms with Gasteiger partial charge in [-0.1, -0.05) is 0 Å². The maximum absolute atomic E-state index is 9.95. The summed E-state index contributed by atoms with van der Waals surface area (Å²) in [5, 5.41) is 13.9. The second-order valence-electron chi connectivity index (χ2n) is 3.51. The van der Waals surface area contributed by atoms with Gasteiger partial charge in [0.25, 0.3) is 0 Å². The molecular weight excluding hydrogens is 200 g/mol. The number of thiophene rings is 1. The van der Waals surface area contributed by atoms with Gasteiger partial charge < -0.3 is 14.6 Å². The van der Waals surface area contributed by atoms with Gasteiger partial charge in [0.15, 0.2) is 0 Å². The van der Waals surface area contributed by atoms with Crippen molar-refractivity contribution in [1.82, 2.24) is 0 Å². The van der Waals surface area contributed by atoms with Gasteiger partial charge in [0, 0.05) is 7.11 Å². The van der Waals surface area contributed by atoms with Gasteiger partial charge in [-0.25, -0.2) is 0 Å². The van der Waals surface area contributed by atoms with Gasteiger partial charge in [-0.05, 0) is 29.3 Å². The van der Waals surface area contributed by atoms with Crippen LogP contribution in [0.1, 0.15) is 18.6 Å². The highest BCUT2D eigenvalue weighted by Crippen LogP contribution is 2.35. The fourth-order valence-corrected chi connectivity index (χ4v) is 2.57. The van der Waals surface area contributed by atoms with E-state index >= 15 is 0 Å². The number of methoxy groups -OCH3 is 1. The molecule has 78 valence electrons. The Hall–Kier alpha value is -0.420. The van der Waals surface area contributed by atoms with Crippen molar-refractivity contribution in [2.45, 2.75) is 31.3 Å². The van der Waals surface area contributed by atoms with Gasteiger partial charge in [-0.2, -0.15) is 11.3 Å². The van der Waals surface area contributed by atoms with E-state index in [1.807, 2.05) is 23.8 Å². The highest BCUT2D eigenvalue weighted by atomic mass is 32.1. The lowest BCUT2D eigenvalue weighted by molar-refractivity contribution is -0.00369. The molecule has 4 unspecified atom stereocenters. The molecule has 4 heteroatoms. The summed E-state index contributed by atoms with van der Waals surface area (Å²) in [5.41, 5.74) is 1.04. The Morgan fingerprint density at radius 3 is 2.86 bits per heavy atom. The molecule has 1 saturated heterocycles. The van der Waals surface area contributed by atoms with Gasteiger partial charge in [0.2, 0.25) is 0 Å². The van der Waals surface area contributed by atoms with Crippen LogP contribution >= 0.6 is 11.3 Å². The van der Waals surface area contributed by atoms with Crippen LogP contribution < -0.4 is 0 Å². The first-order chi connectivity index (χ1) is 6.74. The molecular formula is C10H14O3S. The van der Waals surface area contributed by atoms with E-state index in [-0.39, 0.29) is 18.3 Å². The number of aliphatic hydroxyl groups excluding tert-OH is 1. The Morgan fingerprint density at radius 1 is 1.57 bits per heavy atom. The predicted octanol–water partition coefficient (Wildman–Crippen LogP) is 1.58. The van der Waals surface area contributed by atoms with Crippen LogP contribution in [0.15, 0.2) is 16.8 Å². The molecule has 1 N–H and O–H groups in total. The molecule has 2 heterocycles. The fraction of sp³-hybridized carbons (Fsp3) is 0.600. The van der Waals surface area contributed by atoms with Crippen molar-refractivity contribution in [3.63, 3.8) is 0 Å². The van der Waals surface area contributed by atoms with E-state index in [0.717, 1.165) is 5.56 Å². The third-order valence-corrected chi connectivity index (χ3v) is 3.32. The van der Waals surface area contributed by atoms with Crippen molar-refractivity contribution >= 4 is 11.3 Å². The maximum Gasteiger partial charge on any atom is 0.113 e. The summed E-state index contributed by atoms with van der Waals surface area (Å²) in [5.74, 6) is 0. The SMILES string of the molecule is COC1C(C)OC(c2ccsc2)C1O. The average Bonchev–Trinajstić information content (AvgIpc) is 2.74. The summed E-state index contributed by atoms with van der Waals surface area (Å²) in [4.78, 5) is 0. The minimum Gasteiger partial charge on any atom is -0.387 e. The Kier molecular flexibility index (Phi) is 2.88. The average molecular weight is 214 g/mol. The van der Waals surface area contributed by atoms with Gasteiger partial charge in [-0.15, -0.1) is 0 Å². The van der Waals surface area contributed by atoms with Crippen LogP contribution in [0, 0.1) is 0 Å². The zero-order chi connectivity index (χ0) is 10.1. The van der Waals surface area contributed by atoms with Crippen LogP contribution in [0.25, 0.3) is 0 Å². The summed E-state index contributed by atoms with van der Waals surface area (Å²) in [7, 11) is 1.60. The van der Waals surface area contributed by atoms with Gasteiger partial charge in [-0.3, -0.25) is 0 Å². The highest BCUT2D eigenvalue weighted by molar-refractivity contribution is 7.07. The number of hydrogen-bond acceptors (Lipinski definition) is 4. The normalized spacial score (nSPS) is 37.6. The molecule has 0 spiro atoms. The minimum atomic E-state index is -0.565. The van der Waals surface area contributed by atoms with Gasteiger partial charge in [0.05, 0.1) is 6.10 Å². The van der Waals surface area contributed by atoms with Crippen LogP contribution in [0.5, 0.6) is 0 Å². The molecule has 14 heavy (non-hydrogen) atoms. The van der Waals surface area contributed by atoms with Crippen LogP contribution in [0.2, 0.25) is 0 Å². The van der Waals surface area contributed by atoms with Gasteiger partial charge >= 0.3 is 0 Å². The minimum absolute atomic E-state index is 0.0556.